The van der Waals surface area contributed by atoms with Crippen LogP contribution in [0.5, 0.6) is 0 Å². The van der Waals surface area contributed by atoms with Gasteiger partial charge in [0.25, 0.3) is 0 Å². The topological polar surface area (TPSA) is 63.5 Å². The quantitative estimate of drug-likeness (QED) is 0.798. The number of carbonyl (C=O) groups is 1. The van der Waals surface area contributed by atoms with Gasteiger partial charge in [-0.25, -0.2) is 0 Å². The van der Waals surface area contributed by atoms with Crippen LogP contribution in [0.4, 0.5) is 0 Å². The molecule has 0 unspecified atom stereocenters. The summed E-state index contributed by atoms with van der Waals surface area (Å²) in [6.07, 6.45) is 8.40. The minimum atomic E-state index is 0.259. The summed E-state index contributed by atoms with van der Waals surface area (Å²) >= 11 is 0. The lowest BCUT2D eigenvalue weighted by Crippen LogP contribution is -2.52. The zero-order valence-corrected chi connectivity index (χ0v) is 15.9. The van der Waals surface area contributed by atoms with Gasteiger partial charge in [-0.15, -0.1) is 10.2 Å². The summed E-state index contributed by atoms with van der Waals surface area (Å²) in [5.74, 6) is 1.38. The van der Waals surface area contributed by atoms with Gasteiger partial charge in [0, 0.05) is 32.7 Å². The molecule has 3 aliphatic heterocycles. The van der Waals surface area contributed by atoms with Crippen LogP contribution < -0.4 is 0 Å². The number of rotatable bonds is 5. The fraction of sp³-hybridized carbons (Fsp3) is 0.842. The first-order chi connectivity index (χ1) is 12.7. The summed E-state index contributed by atoms with van der Waals surface area (Å²) in [5.41, 5.74) is 0.307. The first kappa shape index (κ1) is 17.9. The number of piperidine rings is 2. The number of likely N-dealkylation sites (tertiary alicyclic amines) is 2. The Bertz CT molecular complexity index is 617. The molecule has 0 radical (unpaired) electrons. The van der Waals surface area contributed by atoms with Crippen LogP contribution in [0.1, 0.15) is 51.3 Å². The Morgan fingerprint density at radius 3 is 2.88 bits per heavy atom. The standard InChI is InChI=1S/C19H31N5O2/c1-2-23-15-20-21-17(23)13-22-9-7-19(8-10-22)6-5-18(25)24(14-19)12-16-4-3-11-26-16/h15-16H,2-14H2,1H3/t16-/m1/s1. The Morgan fingerprint density at radius 2 is 2.15 bits per heavy atom. The molecule has 1 aromatic heterocycles. The average molecular weight is 361 g/mol. The molecule has 1 spiro atoms. The molecule has 26 heavy (non-hydrogen) atoms. The van der Waals surface area contributed by atoms with Gasteiger partial charge in [0.1, 0.15) is 12.2 Å². The van der Waals surface area contributed by atoms with Crippen molar-refractivity contribution >= 4 is 5.91 Å². The molecule has 0 N–H and O–H groups in total. The number of nitrogens with zero attached hydrogens (tertiary/aromatic N) is 5. The van der Waals surface area contributed by atoms with Crippen LogP contribution in [0.3, 0.4) is 0 Å². The van der Waals surface area contributed by atoms with E-state index in [2.05, 4.69) is 31.5 Å². The Balaban J connectivity index is 1.33. The third-order valence-corrected chi connectivity index (χ3v) is 6.51. The summed E-state index contributed by atoms with van der Waals surface area (Å²) in [4.78, 5) is 17.0. The van der Waals surface area contributed by atoms with Gasteiger partial charge in [0.15, 0.2) is 0 Å². The highest BCUT2D eigenvalue weighted by Gasteiger charge is 2.41. The summed E-state index contributed by atoms with van der Waals surface area (Å²) in [6, 6.07) is 0. The fourth-order valence-corrected chi connectivity index (χ4v) is 4.76. The Kier molecular flexibility index (Phi) is 5.27. The number of carbonyl (C=O) groups excluding carboxylic acids is 1. The molecule has 7 heteroatoms. The molecule has 1 aromatic rings. The molecule has 3 fully saturated rings. The number of amides is 1. The molecule has 0 aromatic carbocycles. The molecule has 4 rings (SSSR count). The van der Waals surface area contributed by atoms with Crippen molar-refractivity contribution in [2.45, 2.75) is 64.6 Å². The summed E-state index contributed by atoms with van der Waals surface area (Å²) in [5, 5.41) is 8.31. The summed E-state index contributed by atoms with van der Waals surface area (Å²) < 4.78 is 7.88. The molecule has 144 valence electrons. The normalized spacial score (nSPS) is 26.7. The Hall–Kier alpha value is -1.47. The van der Waals surface area contributed by atoms with Gasteiger partial charge in [-0.2, -0.15) is 0 Å². The third-order valence-electron chi connectivity index (χ3n) is 6.51. The van der Waals surface area contributed by atoms with Gasteiger partial charge in [-0.3, -0.25) is 9.69 Å². The van der Waals surface area contributed by atoms with E-state index in [0.717, 1.165) is 71.0 Å². The lowest BCUT2D eigenvalue weighted by Gasteiger charge is -2.47. The largest absolute Gasteiger partial charge is 0.376 e. The second-order valence-electron chi connectivity index (χ2n) is 8.22. The zero-order valence-electron chi connectivity index (χ0n) is 15.9. The SMILES string of the molecule is CCn1cnnc1CN1CCC2(CCC(=O)N(C[C@H]3CCCO3)C2)CC1. The highest BCUT2D eigenvalue weighted by atomic mass is 16.5. The number of ether oxygens (including phenoxy) is 1. The second-order valence-corrected chi connectivity index (χ2v) is 8.22. The first-order valence-corrected chi connectivity index (χ1v) is 10.2. The molecule has 0 bridgehead atoms. The number of aromatic nitrogens is 3. The van der Waals surface area contributed by atoms with Crippen LogP contribution in [0, 0.1) is 5.41 Å². The Labute approximate surface area is 155 Å². The van der Waals surface area contributed by atoms with Crippen molar-refractivity contribution in [3.05, 3.63) is 12.2 Å². The van der Waals surface area contributed by atoms with Crippen molar-refractivity contribution in [2.75, 3.05) is 32.8 Å². The fourth-order valence-electron chi connectivity index (χ4n) is 4.76. The molecular formula is C19H31N5O2. The average Bonchev–Trinajstić information content (AvgIpc) is 3.32. The van der Waals surface area contributed by atoms with Crippen LogP contribution in [0.25, 0.3) is 0 Å². The predicted molar refractivity (Wildman–Crippen MR) is 97.4 cm³/mol. The maximum atomic E-state index is 12.4. The van der Waals surface area contributed by atoms with E-state index in [-0.39, 0.29) is 6.10 Å². The maximum Gasteiger partial charge on any atom is 0.222 e. The molecule has 1 atom stereocenters. The maximum absolute atomic E-state index is 12.4. The Morgan fingerprint density at radius 1 is 1.31 bits per heavy atom. The van der Waals surface area contributed by atoms with E-state index < -0.39 is 0 Å². The van der Waals surface area contributed by atoms with Crippen LogP contribution in [0.2, 0.25) is 0 Å². The monoisotopic (exact) mass is 361 g/mol. The first-order valence-electron chi connectivity index (χ1n) is 10.2. The molecule has 7 nitrogen and oxygen atoms in total. The lowest BCUT2D eigenvalue weighted by atomic mass is 9.72. The van der Waals surface area contributed by atoms with Gasteiger partial charge < -0.3 is 14.2 Å². The van der Waals surface area contributed by atoms with Crippen molar-refractivity contribution < 1.29 is 9.53 Å². The second kappa shape index (κ2) is 7.64. The molecule has 0 saturated carbocycles. The number of hydrogen-bond donors (Lipinski definition) is 0. The summed E-state index contributed by atoms with van der Waals surface area (Å²) in [7, 11) is 0. The molecular weight excluding hydrogens is 330 g/mol. The van der Waals surface area contributed by atoms with Crippen LogP contribution in [-0.2, 0) is 22.6 Å². The minimum Gasteiger partial charge on any atom is -0.376 e. The molecule has 1 amide bonds. The van der Waals surface area contributed by atoms with Crippen LogP contribution in [0.15, 0.2) is 6.33 Å². The van der Waals surface area contributed by atoms with E-state index in [9.17, 15) is 4.79 Å². The van der Waals surface area contributed by atoms with Gasteiger partial charge in [-0.05, 0) is 57.5 Å². The van der Waals surface area contributed by atoms with Gasteiger partial charge >= 0.3 is 0 Å². The zero-order chi connectivity index (χ0) is 18.0. The van der Waals surface area contributed by atoms with Crippen molar-refractivity contribution in [2.24, 2.45) is 5.41 Å². The summed E-state index contributed by atoms with van der Waals surface area (Å²) in [6.45, 7) is 8.66. The van der Waals surface area contributed by atoms with E-state index in [1.165, 1.54) is 12.8 Å². The van der Waals surface area contributed by atoms with E-state index in [4.69, 9.17) is 4.74 Å². The van der Waals surface area contributed by atoms with E-state index in [0.29, 0.717) is 17.7 Å². The lowest BCUT2D eigenvalue weighted by molar-refractivity contribution is -0.141. The third kappa shape index (κ3) is 3.78. The number of hydrogen-bond acceptors (Lipinski definition) is 5. The van der Waals surface area contributed by atoms with Gasteiger partial charge in [0.05, 0.1) is 12.6 Å². The van der Waals surface area contributed by atoms with E-state index in [1.807, 2.05) is 6.33 Å². The molecule has 4 heterocycles. The van der Waals surface area contributed by atoms with Crippen molar-refractivity contribution in [3.63, 3.8) is 0 Å². The van der Waals surface area contributed by atoms with Crippen molar-refractivity contribution in [1.82, 2.24) is 24.6 Å². The smallest absolute Gasteiger partial charge is 0.222 e. The van der Waals surface area contributed by atoms with Crippen LogP contribution >= 0.6 is 0 Å². The number of aryl methyl sites for hydroxylation is 1. The highest BCUT2D eigenvalue weighted by Crippen LogP contribution is 2.40. The minimum absolute atomic E-state index is 0.259. The van der Waals surface area contributed by atoms with Crippen molar-refractivity contribution in [1.29, 1.82) is 0 Å². The highest BCUT2D eigenvalue weighted by molar-refractivity contribution is 5.77. The van der Waals surface area contributed by atoms with Crippen LogP contribution in [-0.4, -0.2) is 69.4 Å². The molecule has 3 aliphatic rings. The van der Waals surface area contributed by atoms with Crippen molar-refractivity contribution in [3.8, 4) is 0 Å². The molecule has 3 saturated heterocycles. The van der Waals surface area contributed by atoms with Gasteiger partial charge in [0.2, 0.25) is 5.91 Å². The molecule has 0 aliphatic carbocycles. The van der Waals surface area contributed by atoms with E-state index in [1.54, 1.807) is 0 Å². The van der Waals surface area contributed by atoms with E-state index >= 15 is 0 Å². The van der Waals surface area contributed by atoms with Gasteiger partial charge in [-0.1, -0.05) is 0 Å². The predicted octanol–water partition coefficient (Wildman–Crippen LogP) is 1.68.